The predicted molar refractivity (Wildman–Crippen MR) is 117 cm³/mol. The maximum atomic E-state index is 12.2. The Labute approximate surface area is 174 Å². The number of hydrogen-bond acceptors (Lipinski definition) is 5. The number of benzene rings is 2. The van der Waals surface area contributed by atoms with E-state index >= 15 is 0 Å². The smallest absolute Gasteiger partial charge is 0.338 e. The summed E-state index contributed by atoms with van der Waals surface area (Å²) in [5.74, 6) is 1.53. The molecule has 4 nitrogen and oxygen atoms in total. The molecule has 1 fully saturated rings. The van der Waals surface area contributed by atoms with Gasteiger partial charge in [-0.05, 0) is 55.2 Å². The Hall–Kier alpha value is -1.92. The second-order valence-electron chi connectivity index (χ2n) is 6.90. The van der Waals surface area contributed by atoms with Crippen molar-refractivity contribution in [3.05, 3.63) is 70.3 Å². The van der Waals surface area contributed by atoms with Crippen LogP contribution in [0.25, 0.3) is 0 Å². The van der Waals surface area contributed by atoms with E-state index in [9.17, 15) is 9.59 Å². The number of amides is 1. The molecule has 1 amide bonds. The molecule has 0 saturated carbocycles. The van der Waals surface area contributed by atoms with Gasteiger partial charge >= 0.3 is 5.97 Å². The van der Waals surface area contributed by atoms with E-state index in [1.54, 1.807) is 12.1 Å². The third-order valence-electron chi connectivity index (χ3n) is 4.78. The number of thioether (sulfide) groups is 2. The molecule has 0 aromatic heterocycles. The van der Waals surface area contributed by atoms with Crippen molar-refractivity contribution in [2.75, 3.05) is 18.1 Å². The number of aryl methyl sites for hydroxylation is 2. The Kier molecular flexibility index (Phi) is 7.08. The molecule has 3 rings (SSSR count). The molecule has 0 spiro atoms. The van der Waals surface area contributed by atoms with Gasteiger partial charge in [-0.3, -0.25) is 4.79 Å². The molecule has 28 heavy (non-hydrogen) atoms. The standard InChI is InChI=1S/C22H25NO3S2/c1-14-4-5-19(12-15(14)2)16(3)23-20(24)13-26-21(25)17-6-8-18(9-7-17)22-27-10-11-28-22/h4-9,12,16,22H,10-11,13H2,1-3H3,(H,23,24)/t16-/m0/s1. The number of rotatable bonds is 6. The van der Waals surface area contributed by atoms with Gasteiger partial charge in [-0.2, -0.15) is 0 Å². The molecule has 1 heterocycles. The topological polar surface area (TPSA) is 55.4 Å². The SMILES string of the molecule is Cc1ccc([C@H](C)NC(=O)COC(=O)c2ccc(C3SCCS3)cc2)cc1C. The first-order valence-corrected chi connectivity index (χ1v) is 11.4. The van der Waals surface area contributed by atoms with E-state index < -0.39 is 5.97 Å². The summed E-state index contributed by atoms with van der Waals surface area (Å²) in [6.07, 6.45) is 0. The first kappa shape index (κ1) is 20.8. The zero-order valence-electron chi connectivity index (χ0n) is 16.4. The molecular weight excluding hydrogens is 390 g/mol. The van der Waals surface area contributed by atoms with Crippen LogP contribution in [0.4, 0.5) is 0 Å². The average Bonchev–Trinajstić information content (AvgIpc) is 3.23. The number of esters is 1. The molecule has 0 aliphatic carbocycles. The fourth-order valence-corrected chi connectivity index (χ4v) is 5.80. The summed E-state index contributed by atoms with van der Waals surface area (Å²) in [5, 5.41) is 2.87. The first-order valence-electron chi connectivity index (χ1n) is 9.31. The Bertz CT molecular complexity index is 845. The quantitative estimate of drug-likeness (QED) is 0.686. The molecule has 6 heteroatoms. The predicted octanol–water partition coefficient (Wildman–Crippen LogP) is 4.82. The van der Waals surface area contributed by atoms with Crippen molar-refractivity contribution >= 4 is 35.4 Å². The van der Waals surface area contributed by atoms with Gasteiger partial charge in [0.25, 0.3) is 5.91 Å². The third kappa shape index (κ3) is 5.32. The third-order valence-corrected chi connectivity index (χ3v) is 7.89. The van der Waals surface area contributed by atoms with Gasteiger partial charge in [0.2, 0.25) is 0 Å². The summed E-state index contributed by atoms with van der Waals surface area (Å²) < 4.78 is 5.62. The molecule has 2 aromatic carbocycles. The number of carbonyl (C=O) groups is 2. The molecule has 2 aromatic rings. The lowest BCUT2D eigenvalue weighted by Crippen LogP contribution is -2.31. The molecule has 1 aliphatic rings. The number of hydrogen-bond donors (Lipinski definition) is 1. The normalized spacial score (nSPS) is 15.2. The fourth-order valence-electron chi connectivity index (χ4n) is 2.94. The largest absolute Gasteiger partial charge is 0.452 e. The second kappa shape index (κ2) is 9.52. The van der Waals surface area contributed by atoms with Crippen molar-refractivity contribution in [3.63, 3.8) is 0 Å². The minimum atomic E-state index is -0.479. The highest BCUT2D eigenvalue weighted by atomic mass is 32.2. The van der Waals surface area contributed by atoms with Crippen LogP contribution in [-0.4, -0.2) is 30.0 Å². The lowest BCUT2D eigenvalue weighted by atomic mass is 10.0. The van der Waals surface area contributed by atoms with Gasteiger partial charge in [-0.1, -0.05) is 30.3 Å². The van der Waals surface area contributed by atoms with Crippen molar-refractivity contribution in [2.24, 2.45) is 0 Å². The fraction of sp³-hybridized carbons (Fsp3) is 0.364. The van der Waals surface area contributed by atoms with Gasteiger partial charge in [-0.25, -0.2) is 4.79 Å². The van der Waals surface area contributed by atoms with E-state index in [-0.39, 0.29) is 18.6 Å². The highest BCUT2D eigenvalue weighted by Gasteiger charge is 2.19. The highest BCUT2D eigenvalue weighted by Crippen LogP contribution is 2.45. The zero-order valence-corrected chi connectivity index (χ0v) is 18.0. The second-order valence-corrected chi connectivity index (χ2v) is 9.63. The van der Waals surface area contributed by atoms with Crippen LogP contribution in [-0.2, 0) is 9.53 Å². The summed E-state index contributed by atoms with van der Waals surface area (Å²) >= 11 is 3.85. The molecule has 1 N–H and O–H groups in total. The minimum absolute atomic E-state index is 0.147. The van der Waals surface area contributed by atoms with E-state index in [0.717, 1.165) is 17.1 Å². The van der Waals surface area contributed by atoms with Crippen LogP contribution in [0.3, 0.4) is 0 Å². The van der Waals surface area contributed by atoms with E-state index in [4.69, 9.17) is 4.74 Å². The van der Waals surface area contributed by atoms with Gasteiger partial charge in [0, 0.05) is 11.5 Å². The van der Waals surface area contributed by atoms with Gasteiger partial charge in [-0.15, -0.1) is 23.5 Å². The van der Waals surface area contributed by atoms with Crippen molar-refractivity contribution < 1.29 is 14.3 Å². The van der Waals surface area contributed by atoms with Crippen LogP contribution in [0.5, 0.6) is 0 Å². The van der Waals surface area contributed by atoms with Crippen molar-refractivity contribution in [2.45, 2.75) is 31.4 Å². The maximum Gasteiger partial charge on any atom is 0.338 e. The maximum absolute atomic E-state index is 12.2. The van der Waals surface area contributed by atoms with E-state index in [1.165, 1.54) is 16.7 Å². The summed E-state index contributed by atoms with van der Waals surface area (Å²) in [4.78, 5) is 24.4. The van der Waals surface area contributed by atoms with Gasteiger partial charge in [0.05, 0.1) is 16.2 Å². The number of carbonyl (C=O) groups excluding carboxylic acids is 2. The summed E-state index contributed by atoms with van der Waals surface area (Å²) in [5.41, 5.74) is 5.10. The summed E-state index contributed by atoms with van der Waals surface area (Å²) in [6, 6.07) is 13.4. The van der Waals surface area contributed by atoms with Crippen LogP contribution in [0.2, 0.25) is 0 Å². The van der Waals surface area contributed by atoms with Gasteiger partial charge in [0.15, 0.2) is 6.61 Å². The lowest BCUT2D eigenvalue weighted by Gasteiger charge is -2.16. The Morgan fingerprint density at radius 1 is 1.07 bits per heavy atom. The molecule has 1 aliphatic heterocycles. The van der Waals surface area contributed by atoms with Crippen LogP contribution in [0.15, 0.2) is 42.5 Å². The molecule has 148 valence electrons. The molecule has 0 bridgehead atoms. The van der Waals surface area contributed by atoms with Crippen LogP contribution in [0, 0.1) is 13.8 Å². The zero-order chi connectivity index (χ0) is 20.1. The Morgan fingerprint density at radius 3 is 2.39 bits per heavy atom. The molecular formula is C22H25NO3S2. The van der Waals surface area contributed by atoms with Crippen LogP contribution < -0.4 is 5.32 Å². The van der Waals surface area contributed by atoms with E-state index in [0.29, 0.717) is 10.1 Å². The number of ether oxygens (including phenoxy) is 1. The lowest BCUT2D eigenvalue weighted by molar-refractivity contribution is -0.124. The molecule has 1 saturated heterocycles. The molecule has 0 radical (unpaired) electrons. The summed E-state index contributed by atoms with van der Waals surface area (Å²) in [7, 11) is 0. The van der Waals surface area contributed by atoms with Crippen molar-refractivity contribution in [1.82, 2.24) is 5.32 Å². The van der Waals surface area contributed by atoms with E-state index in [2.05, 4.69) is 18.3 Å². The van der Waals surface area contributed by atoms with Crippen molar-refractivity contribution in [3.8, 4) is 0 Å². The minimum Gasteiger partial charge on any atom is -0.452 e. The van der Waals surface area contributed by atoms with Gasteiger partial charge < -0.3 is 10.1 Å². The summed E-state index contributed by atoms with van der Waals surface area (Å²) in [6.45, 7) is 5.73. The van der Waals surface area contributed by atoms with Gasteiger partial charge in [0.1, 0.15) is 0 Å². The van der Waals surface area contributed by atoms with E-state index in [1.807, 2.05) is 61.6 Å². The highest BCUT2D eigenvalue weighted by molar-refractivity contribution is 8.19. The molecule has 0 unspecified atom stereocenters. The Balaban J connectivity index is 1.49. The van der Waals surface area contributed by atoms with Crippen LogP contribution in [0.1, 0.15) is 50.2 Å². The van der Waals surface area contributed by atoms with Crippen LogP contribution >= 0.6 is 23.5 Å². The van der Waals surface area contributed by atoms with Crippen molar-refractivity contribution in [1.29, 1.82) is 0 Å². The molecule has 1 atom stereocenters. The number of nitrogens with one attached hydrogen (secondary N) is 1. The first-order chi connectivity index (χ1) is 13.4. The average molecular weight is 416 g/mol. The monoisotopic (exact) mass is 415 g/mol. The Morgan fingerprint density at radius 2 is 1.75 bits per heavy atom.